The minimum absolute atomic E-state index is 0.137. The molecule has 4 nitrogen and oxygen atoms in total. The lowest BCUT2D eigenvalue weighted by Gasteiger charge is -2.06. The van der Waals surface area contributed by atoms with Crippen molar-refractivity contribution in [3.63, 3.8) is 0 Å². The Labute approximate surface area is 133 Å². The molecule has 0 aliphatic rings. The molecule has 1 aromatic carbocycles. The van der Waals surface area contributed by atoms with Gasteiger partial charge in [0.1, 0.15) is 5.69 Å². The van der Waals surface area contributed by atoms with Crippen molar-refractivity contribution in [3.8, 4) is 0 Å². The van der Waals surface area contributed by atoms with E-state index in [0.29, 0.717) is 12.2 Å². The minimum atomic E-state index is -0.137. The summed E-state index contributed by atoms with van der Waals surface area (Å²) in [5, 5.41) is 5.89. The zero-order chi connectivity index (χ0) is 15.5. The summed E-state index contributed by atoms with van der Waals surface area (Å²) in [5.74, 6) is -0.137. The number of aryl methyl sites for hydroxylation is 2. The van der Waals surface area contributed by atoms with E-state index in [0.717, 1.165) is 27.9 Å². The summed E-state index contributed by atoms with van der Waals surface area (Å²) in [4.78, 5) is 22.3. The summed E-state index contributed by atoms with van der Waals surface area (Å²) < 4.78 is 0. The molecule has 3 aromatic rings. The number of nitrogens with zero attached hydrogens (tertiary/aromatic N) is 2. The third kappa shape index (κ3) is 2.99. The van der Waals surface area contributed by atoms with Crippen LogP contribution in [0.5, 0.6) is 0 Å². The fourth-order valence-corrected chi connectivity index (χ4v) is 3.25. The molecule has 1 N–H and O–H groups in total. The average Bonchev–Trinajstić information content (AvgIpc) is 2.85. The van der Waals surface area contributed by atoms with Crippen LogP contribution in [0.1, 0.15) is 26.1 Å². The van der Waals surface area contributed by atoms with E-state index in [1.54, 1.807) is 17.5 Å². The third-order valence-corrected chi connectivity index (χ3v) is 4.72. The van der Waals surface area contributed by atoms with Crippen molar-refractivity contribution in [2.45, 2.75) is 20.3 Å². The second-order valence-electron chi connectivity index (χ2n) is 5.14. The second kappa shape index (κ2) is 6.23. The number of pyridine rings is 1. The first-order valence-corrected chi connectivity index (χ1v) is 8.01. The van der Waals surface area contributed by atoms with Gasteiger partial charge < -0.3 is 5.32 Å². The van der Waals surface area contributed by atoms with Crippen molar-refractivity contribution < 1.29 is 4.79 Å². The van der Waals surface area contributed by atoms with Crippen LogP contribution in [-0.4, -0.2) is 22.4 Å². The molecule has 0 saturated heterocycles. The van der Waals surface area contributed by atoms with Crippen LogP contribution in [0.25, 0.3) is 10.8 Å². The summed E-state index contributed by atoms with van der Waals surface area (Å²) in [6.45, 7) is 4.64. The molecule has 2 heterocycles. The molecule has 3 rings (SSSR count). The lowest BCUT2D eigenvalue weighted by Crippen LogP contribution is -2.26. The van der Waals surface area contributed by atoms with Crippen molar-refractivity contribution in [1.82, 2.24) is 15.3 Å². The monoisotopic (exact) mass is 311 g/mol. The number of rotatable bonds is 4. The standard InChI is InChI=1S/C17H17N3OS/c1-11-12(2)22-15(20-11)8-10-19-17(21)16-14-6-4-3-5-13(14)7-9-18-16/h3-7,9H,8,10H2,1-2H3,(H,19,21). The van der Waals surface area contributed by atoms with Crippen molar-refractivity contribution >= 4 is 28.0 Å². The molecule has 112 valence electrons. The van der Waals surface area contributed by atoms with Crippen molar-refractivity contribution in [1.29, 1.82) is 0 Å². The Hall–Kier alpha value is -2.27. The Morgan fingerprint density at radius 1 is 1.23 bits per heavy atom. The van der Waals surface area contributed by atoms with Crippen molar-refractivity contribution in [2.24, 2.45) is 0 Å². The summed E-state index contributed by atoms with van der Waals surface area (Å²) in [6, 6.07) is 9.69. The smallest absolute Gasteiger partial charge is 0.270 e. The number of benzene rings is 1. The van der Waals surface area contributed by atoms with Gasteiger partial charge in [-0.3, -0.25) is 9.78 Å². The molecular formula is C17H17N3OS. The molecule has 0 radical (unpaired) electrons. The normalized spacial score (nSPS) is 10.8. The highest BCUT2D eigenvalue weighted by Crippen LogP contribution is 2.17. The van der Waals surface area contributed by atoms with Gasteiger partial charge in [0.15, 0.2) is 0 Å². The van der Waals surface area contributed by atoms with E-state index in [1.807, 2.05) is 37.3 Å². The summed E-state index contributed by atoms with van der Waals surface area (Å²) >= 11 is 1.69. The molecule has 0 saturated carbocycles. The highest BCUT2D eigenvalue weighted by atomic mass is 32.1. The van der Waals surface area contributed by atoms with E-state index >= 15 is 0 Å². The molecule has 0 aliphatic heterocycles. The van der Waals surface area contributed by atoms with E-state index in [9.17, 15) is 4.79 Å². The fraction of sp³-hybridized carbons (Fsp3) is 0.235. The molecule has 0 aliphatic carbocycles. The summed E-state index contributed by atoms with van der Waals surface area (Å²) in [5.41, 5.74) is 1.55. The average molecular weight is 311 g/mol. The van der Waals surface area contributed by atoms with Crippen LogP contribution >= 0.6 is 11.3 Å². The summed E-state index contributed by atoms with van der Waals surface area (Å²) in [7, 11) is 0. The fourth-order valence-electron chi connectivity index (χ4n) is 2.31. The Balaban J connectivity index is 1.69. The molecule has 0 fully saturated rings. The van der Waals surface area contributed by atoms with Crippen LogP contribution in [0.4, 0.5) is 0 Å². The highest BCUT2D eigenvalue weighted by molar-refractivity contribution is 7.11. The molecule has 0 unspecified atom stereocenters. The van der Waals surface area contributed by atoms with Gasteiger partial charge in [-0.2, -0.15) is 0 Å². The Kier molecular flexibility index (Phi) is 4.15. The molecule has 22 heavy (non-hydrogen) atoms. The van der Waals surface area contributed by atoms with Gasteiger partial charge in [0.25, 0.3) is 5.91 Å². The SMILES string of the molecule is Cc1nc(CCNC(=O)c2nccc3ccccc23)sc1C. The number of fused-ring (bicyclic) bond motifs is 1. The Morgan fingerprint density at radius 3 is 2.82 bits per heavy atom. The predicted molar refractivity (Wildman–Crippen MR) is 89.4 cm³/mol. The number of carbonyl (C=O) groups is 1. The first-order chi connectivity index (χ1) is 10.6. The molecule has 0 atom stereocenters. The molecule has 0 bridgehead atoms. The number of hydrogen-bond acceptors (Lipinski definition) is 4. The van der Waals surface area contributed by atoms with Crippen molar-refractivity contribution in [3.05, 3.63) is 57.8 Å². The Bertz CT molecular complexity index is 801. The molecule has 2 aromatic heterocycles. The zero-order valence-electron chi connectivity index (χ0n) is 12.6. The van der Waals surface area contributed by atoms with Crippen LogP contribution in [0, 0.1) is 13.8 Å². The lowest BCUT2D eigenvalue weighted by atomic mass is 10.1. The first-order valence-electron chi connectivity index (χ1n) is 7.20. The number of aromatic nitrogens is 2. The largest absolute Gasteiger partial charge is 0.350 e. The van der Waals surface area contributed by atoms with Gasteiger partial charge in [0.05, 0.1) is 10.7 Å². The highest BCUT2D eigenvalue weighted by Gasteiger charge is 2.11. The van der Waals surface area contributed by atoms with E-state index in [1.165, 1.54) is 4.88 Å². The van der Waals surface area contributed by atoms with Gasteiger partial charge in [-0.25, -0.2) is 4.98 Å². The molecule has 5 heteroatoms. The number of thiazole rings is 1. The Morgan fingerprint density at radius 2 is 2.05 bits per heavy atom. The van der Waals surface area contributed by atoms with E-state index in [4.69, 9.17) is 0 Å². The zero-order valence-corrected chi connectivity index (χ0v) is 13.4. The number of nitrogens with one attached hydrogen (secondary N) is 1. The van der Waals surface area contributed by atoms with Gasteiger partial charge in [0, 0.05) is 29.4 Å². The van der Waals surface area contributed by atoms with Crippen molar-refractivity contribution in [2.75, 3.05) is 6.54 Å². The van der Waals surface area contributed by atoms with Gasteiger partial charge in [-0.05, 0) is 25.3 Å². The van der Waals surface area contributed by atoms with Gasteiger partial charge in [-0.1, -0.05) is 24.3 Å². The van der Waals surface area contributed by atoms with Crippen LogP contribution in [-0.2, 0) is 6.42 Å². The maximum Gasteiger partial charge on any atom is 0.270 e. The van der Waals surface area contributed by atoms with Crippen LogP contribution in [0.2, 0.25) is 0 Å². The van der Waals surface area contributed by atoms with Gasteiger partial charge >= 0.3 is 0 Å². The van der Waals surface area contributed by atoms with Crippen LogP contribution < -0.4 is 5.32 Å². The second-order valence-corrected chi connectivity index (χ2v) is 6.42. The maximum atomic E-state index is 12.3. The number of carbonyl (C=O) groups excluding carboxylic acids is 1. The third-order valence-electron chi connectivity index (χ3n) is 3.59. The van der Waals surface area contributed by atoms with E-state index in [2.05, 4.69) is 22.2 Å². The lowest BCUT2D eigenvalue weighted by molar-refractivity contribution is 0.0951. The molecule has 0 spiro atoms. The topological polar surface area (TPSA) is 54.9 Å². The number of amides is 1. The van der Waals surface area contributed by atoms with Crippen LogP contribution in [0.3, 0.4) is 0 Å². The summed E-state index contributed by atoms with van der Waals surface area (Å²) in [6.07, 6.45) is 2.42. The van der Waals surface area contributed by atoms with E-state index in [-0.39, 0.29) is 5.91 Å². The first kappa shape index (κ1) is 14.7. The molecular weight excluding hydrogens is 294 g/mol. The predicted octanol–water partition coefficient (Wildman–Crippen LogP) is 3.28. The maximum absolute atomic E-state index is 12.3. The van der Waals surface area contributed by atoms with Gasteiger partial charge in [-0.15, -0.1) is 11.3 Å². The quantitative estimate of drug-likeness (QED) is 0.804. The van der Waals surface area contributed by atoms with E-state index < -0.39 is 0 Å². The minimum Gasteiger partial charge on any atom is -0.350 e. The molecule has 1 amide bonds. The van der Waals surface area contributed by atoms with Gasteiger partial charge in [0.2, 0.25) is 0 Å². The van der Waals surface area contributed by atoms with Crippen LogP contribution in [0.15, 0.2) is 36.5 Å². The number of hydrogen-bond donors (Lipinski definition) is 1.